The number of ether oxygens (including phenoxy) is 3. The summed E-state index contributed by atoms with van der Waals surface area (Å²) in [5, 5.41) is 39.9. The number of hydrogen-bond donors (Lipinski definition) is 9. The molecule has 3 rings (SSSR count). The van der Waals surface area contributed by atoms with Crippen molar-refractivity contribution in [3.63, 3.8) is 0 Å². The van der Waals surface area contributed by atoms with Crippen LogP contribution in [0.2, 0.25) is 5.02 Å². The number of hydrogen-bond acceptors (Lipinski definition) is 15. The van der Waals surface area contributed by atoms with Crippen LogP contribution >= 0.6 is 11.6 Å². The smallest absolute Gasteiger partial charge is 0.407 e. The predicted molar refractivity (Wildman–Crippen MR) is 282 cm³/mol. The molecule has 76 heavy (non-hydrogen) atoms. The SMILES string of the molecule is Cc1nnc(C(O)[C@H](C)NC(=O)[C@H](CCCCNC(=O)OC(C)(C)C)NC(=O)[C@H](C)NC(=O)[C@H](CCCCNC(=O)OC(C)(C)C)NC(=O)[C@H](CNC(=O)OC(C)(C)C)NC(=O)c2ccc(-c3ccc(Cl)cc3)cc2)o1. The van der Waals surface area contributed by atoms with Crippen LogP contribution in [0.15, 0.2) is 52.9 Å². The third kappa shape index (κ3) is 24.1. The van der Waals surface area contributed by atoms with Gasteiger partial charge in [-0.25, -0.2) is 14.4 Å². The Labute approximate surface area is 449 Å². The number of amides is 8. The molecule has 6 atom stereocenters. The summed E-state index contributed by atoms with van der Waals surface area (Å²) in [4.78, 5) is 107. The van der Waals surface area contributed by atoms with Gasteiger partial charge in [0.15, 0.2) is 6.10 Å². The summed E-state index contributed by atoms with van der Waals surface area (Å²) < 4.78 is 21.3. The quantitative estimate of drug-likeness (QED) is 0.0378. The van der Waals surface area contributed by atoms with Gasteiger partial charge in [-0.05, 0) is 150 Å². The Bertz CT molecular complexity index is 2420. The highest BCUT2D eigenvalue weighted by atomic mass is 35.5. The van der Waals surface area contributed by atoms with E-state index in [1.165, 1.54) is 20.8 Å². The van der Waals surface area contributed by atoms with Gasteiger partial charge in [-0.15, -0.1) is 10.2 Å². The molecule has 0 spiro atoms. The van der Waals surface area contributed by atoms with Crippen LogP contribution in [0.4, 0.5) is 14.4 Å². The average molecular weight is 1090 g/mol. The van der Waals surface area contributed by atoms with Gasteiger partial charge in [0.1, 0.15) is 41.0 Å². The number of aryl methyl sites for hydroxylation is 1. The summed E-state index contributed by atoms with van der Waals surface area (Å²) in [6.07, 6.45) is -2.25. The Morgan fingerprint density at radius 1 is 0.566 bits per heavy atom. The second-order valence-electron chi connectivity index (χ2n) is 21.1. The molecule has 0 aliphatic carbocycles. The molecule has 1 heterocycles. The van der Waals surface area contributed by atoms with Crippen molar-refractivity contribution in [3.05, 3.63) is 70.9 Å². The number of alkyl carbamates (subject to hydrolysis) is 3. The van der Waals surface area contributed by atoms with Gasteiger partial charge in [0.05, 0.1) is 12.6 Å². The highest BCUT2D eigenvalue weighted by molar-refractivity contribution is 6.30. The fraction of sp³-hybridized carbons (Fsp3) is 0.577. The van der Waals surface area contributed by atoms with Crippen LogP contribution in [0, 0.1) is 6.92 Å². The Hall–Kier alpha value is -7.01. The summed E-state index contributed by atoms with van der Waals surface area (Å²) >= 11 is 6.05. The first-order chi connectivity index (χ1) is 35.4. The van der Waals surface area contributed by atoms with Gasteiger partial charge in [0.25, 0.3) is 5.91 Å². The van der Waals surface area contributed by atoms with Crippen molar-refractivity contribution in [2.75, 3.05) is 19.6 Å². The number of aliphatic hydroxyl groups excluding tert-OH is 1. The molecule has 1 aromatic heterocycles. The van der Waals surface area contributed by atoms with Crippen molar-refractivity contribution in [1.29, 1.82) is 0 Å². The molecule has 9 N–H and O–H groups in total. The van der Waals surface area contributed by atoms with E-state index in [1.54, 1.807) is 98.7 Å². The molecular weight excluding hydrogens is 1010 g/mol. The number of aromatic nitrogens is 2. The molecule has 24 heteroatoms. The zero-order chi connectivity index (χ0) is 57.0. The molecule has 23 nitrogen and oxygen atoms in total. The zero-order valence-corrected chi connectivity index (χ0v) is 46.3. The summed E-state index contributed by atoms with van der Waals surface area (Å²) in [6.45, 7) is 19.5. The first-order valence-corrected chi connectivity index (χ1v) is 25.5. The number of carbonyl (C=O) groups excluding carboxylic acids is 8. The molecule has 0 fully saturated rings. The van der Waals surface area contributed by atoms with E-state index in [-0.39, 0.29) is 49.7 Å². The van der Waals surface area contributed by atoms with Crippen LogP contribution < -0.4 is 42.5 Å². The number of nitrogens with zero attached hydrogens (tertiary/aromatic N) is 2. The maximum absolute atomic E-state index is 14.2. The van der Waals surface area contributed by atoms with Crippen LogP contribution in [0.25, 0.3) is 11.1 Å². The Morgan fingerprint density at radius 3 is 1.46 bits per heavy atom. The first kappa shape index (κ1) is 63.3. The molecule has 3 aromatic rings. The van der Waals surface area contributed by atoms with E-state index in [4.69, 9.17) is 30.2 Å². The Kier molecular flexibility index (Phi) is 24.4. The van der Waals surface area contributed by atoms with E-state index in [1.807, 2.05) is 12.1 Å². The van der Waals surface area contributed by atoms with Crippen molar-refractivity contribution < 1.29 is 62.1 Å². The number of rotatable bonds is 25. The lowest BCUT2D eigenvalue weighted by molar-refractivity contribution is -0.134. The van der Waals surface area contributed by atoms with Gasteiger partial charge in [-0.3, -0.25) is 24.0 Å². The van der Waals surface area contributed by atoms with Crippen LogP contribution in [0.3, 0.4) is 0 Å². The number of halogens is 1. The summed E-state index contributed by atoms with van der Waals surface area (Å²) in [7, 11) is 0. The third-order valence-corrected chi connectivity index (χ3v) is 10.9. The van der Waals surface area contributed by atoms with E-state index in [9.17, 15) is 43.5 Å². The van der Waals surface area contributed by atoms with Gasteiger partial charge < -0.3 is 66.3 Å². The van der Waals surface area contributed by atoms with Crippen molar-refractivity contribution in [1.82, 2.24) is 52.7 Å². The lowest BCUT2D eigenvalue weighted by atomic mass is 10.0. The van der Waals surface area contributed by atoms with E-state index >= 15 is 0 Å². The van der Waals surface area contributed by atoms with Gasteiger partial charge >= 0.3 is 18.3 Å². The van der Waals surface area contributed by atoms with E-state index < -0.39 is 107 Å². The highest BCUT2D eigenvalue weighted by Crippen LogP contribution is 2.22. The minimum absolute atomic E-state index is 0.0314. The topological polar surface area (TPSA) is 320 Å². The number of unbranched alkanes of at least 4 members (excludes halogenated alkanes) is 2. The molecule has 420 valence electrons. The van der Waals surface area contributed by atoms with Gasteiger partial charge in [0.2, 0.25) is 35.4 Å². The molecule has 0 aliphatic heterocycles. The largest absolute Gasteiger partial charge is 0.444 e. The predicted octanol–water partition coefficient (Wildman–Crippen LogP) is 5.42. The van der Waals surface area contributed by atoms with Crippen molar-refractivity contribution in [2.45, 2.75) is 175 Å². The first-order valence-electron chi connectivity index (χ1n) is 25.2. The molecule has 8 amide bonds. The van der Waals surface area contributed by atoms with Gasteiger partial charge in [-0.1, -0.05) is 35.9 Å². The van der Waals surface area contributed by atoms with Gasteiger partial charge in [0, 0.05) is 30.6 Å². The van der Waals surface area contributed by atoms with Crippen LogP contribution in [0.1, 0.15) is 143 Å². The summed E-state index contributed by atoms with van der Waals surface area (Å²) in [5.41, 5.74) is -0.550. The maximum Gasteiger partial charge on any atom is 0.407 e. The number of carbonyl (C=O) groups is 8. The molecular formula is C52H77ClN10O13. The van der Waals surface area contributed by atoms with Crippen molar-refractivity contribution in [2.24, 2.45) is 0 Å². The molecule has 1 unspecified atom stereocenters. The van der Waals surface area contributed by atoms with Crippen LogP contribution in [0.5, 0.6) is 0 Å². The molecule has 0 saturated carbocycles. The van der Waals surface area contributed by atoms with E-state index in [0.29, 0.717) is 24.3 Å². The lowest BCUT2D eigenvalue weighted by Crippen LogP contribution is -2.59. The molecule has 2 aromatic carbocycles. The fourth-order valence-corrected chi connectivity index (χ4v) is 7.02. The Morgan fingerprint density at radius 2 is 1.00 bits per heavy atom. The van der Waals surface area contributed by atoms with Crippen LogP contribution in [-0.2, 0) is 33.4 Å². The monoisotopic (exact) mass is 1080 g/mol. The highest BCUT2D eigenvalue weighted by Gasteiger charge is 2.32. The minimum atomic E-state index is -1.47. The number of aliphatic hydroxyl groups is 1. The van der Waals surface area contributed by atoms with Crippen molar-refractivity contribution >= 4 is 59.4 Å². The Balaban J connectivity index is 1.84. The third-order valence-electron chi connectivity index (χ3n) is 10.6. The molecule has 0 radical (unpaired) electrons. The number of nitrogens with one attached hydrogen (secondary N) is 8. The minimum Gasteiger partial charge on any atom is -0.444 e. The lowest BCUT2D eigenvalue weighted by Gasteiger charge is -2.26. The second-order valence-corrected chi connectivity index (χ2v) is 21.5. The normalized spacial score (nSPS) is 14.0. The van der Waals surface area contributed by atoms with E-state index in [0.717, 1.165) is 11.1 Å². The fourth-order valence-electron chi connectivity index (χ4n) is 6.90. The molecule has 0 saturated heterocycles. The van der Waals surface area contributed by atoms with E-state index in [2.05, 4.69) is 52.7 Å². The molecule has 0 aliphatic rings. The average Bonchev–Trinajstić information content (AvgIpc) is 3.75. The van der Waals surface area contributed by atoms with Gasteiger partial charge in [-0.2, -0.15) is 0 Å². The standard InChI is InChI=1S/C52H77ClN10O13/c1-30(40(64)46-63-62-32(3)73-46)57-43(67)37(17-13-15-27-54-47(70)74-50(4,5)6)59-41(65)31(2)58-44(68)38(18-14-16-28-55-48(71)75-51(7,8)9)60-45(69)39(29-56-49(72)76-52(10,11)12)61-42(66)35-21-19-33(20-22-35)34-23-25-36(53)26-24-34/h19-26,30-31,37-40,64H,13-18,27-29H2,1-12H3,(H,54,70)(H,55,71)(H,56,72)(H,57,67)(H,58,68)(H,59,65)(H,60,69)(H,61,66)/t30-,31-,37-,38-,39-,40?/m0/s1. The van der Waals surface area contributed by atoms with Crippen molar-refractivity contribution in [3.8, 4) is 11.1 Å². The second kappa shape index (κ2) is 29.3. The van der Waals surface area contributed by atoms with Crippen LogP contribution in [-0.4, -0.2) is 130 Å². The summed E-state index contributed by atoms with van der Waals surface area (Å²) in [6, 6.07) is 7.35. The number of benzene rings is 2. The maximum atomic E-state index is 14.2. The zero-order valence-electron chi connectivity index (χ0n) is 45.6. The summed E-state index contributed by atoms with van der Waals surface area (Å²) in [5.74, 6) is -3.80. The molecule has 0 bridgehead atoms.